The van der Waals surface area contributed by atoms with Gasteiger partial charge in [-0.15, -0.1) is 0 Å². The molecule has 0 unspecified atom stereocenters. The summed E-state index contributed by atoms with van der Waals surface area (Å²) in [4.78, 5) is 16.9. The second kappa shape index (κ2) is 6.65. The molecule has 1 amide bonds. The van der Waals surface area contributed by atoms with Crippen LogP contribution in [-0.2, 0) is 0 Å². The zero-order chi connectivity index (χ0) is 18.1. The highest BCUT2D eigenvalue weighted by atomic mass is 32.1. The number of aromatic nitrogens is 1. The number of rotatable bonds is 4. The summed E-state index contributed by atoms with van der Waals surface area (Å²) in [6, 6.07) is 17.4. The lowest BCUT2D eigenvalue weighted by atomic mass is 10.1. The summed E-state index contributed by atoms with van der Waals surface area (Å²) < 4.78 is 11.8. The van der Waals surface area contributed by atoms with Crippen LogP contribution < -0.4 is 10.1 Å². The predicted molar refractivity (Wildman–Crippen MR) is 103 cm³/mol. The van der Waals surface area contributed by atoms with Crippen molar-refractivity contribution in [3.05, 3.63) is 66.1 Å². The minimum Gasteiger partial charge on any atom is -0.494 e. The maximum Gasteiger partial charge on any atom is 0.293 e. The molecular weight excluding hydrogens is 348 g/mol. The van der Waals surface area contributed by atoms with E-state index < -0.39 is 0 Å². The minimum atomic E-state index is -0.322. The predicted octanol–water partition coefficient (Wildman–Crippen LogP) is 5.13. The lowest BCUT2D eigenvalue weighted by Gasteiger charge is -2.05. The van der Waals surface area contributed by atoms with Gasteiger partial charge in [0.05, 0.1) is 11.8 Å². The molecule has 0 fully saturated rings. The van der Waals surface area contributed by atoms with Gasteiger partial charge in [0, 0.05) is 5.56 Å². The molecule has 130 valence electrons. The number of hydrogen-bond acceptors (Lipinski definition) is 5. The second-order valence-corrected chi connectivity index (χ2v) is 6.74. The van der Waals surface area contributed by atoms with Crippen molar-refractivity contribution < 1.29 is 13.9 Å². The molecule has 0 aliphatic carbocycles. The molecule has 1 N–H and O–H groups in total. The third-order valence-electron chi connectivity index (χ3n) is 4.00. The summed E-state index contributed by atoms with van der Waals surface area (Å²) in [7, 11) is 1.61. The zero-order valence-corrected chi connectivity index (χ0v) is 15.1. The molecule has 0 aliphatic rings. The van der Waals surface area contributed by atoms with Gasteiger partial charge in [-0.05, 0) is 36.8 Å². The van der Waals surface area contributed by atoms with E-state index >= 15 is 0 Å². The lowest BCUT2D eigenvalue weighted by molar-refractivity contribution is 0.0995. The number of nitrogens with zero attached hydrogens (tertiary/aromatic N) is 1. The third-order valence-corrected chi connectivity index (χ3v) is 5.00. The van der Waals surface area contributed by atoms with Gasteiger partial charge in [0.1, 0.15) is 17.0 Å². The van der Waals surface area contributed by atoms with Gasteiger partial charge in [0.15, 0.2) is 10.9 Å². The van der Waals surface area contributed by atoms with Crippen LogP contribution in [0.25, 0.3) is 21.3 Å². The molecule has 2 aromatic carbocycles. The smallest absolute Gasteiger partial charge is 0.293 e. The summed E-state index contributed by atoms with van der Waals surface area (Å²) >= 11 is 1.41. The van der Waals surface area contributed by atoms with Crippen LogP contribution >= 0.6 is 11.3 Å². The van der Waals surface area contributed by atoms with Crippen LogP contribution in [0, 0.1) is 6.92 Å². The number of thiazole rings is 1. The topological polar surface area (TPSA) is 64.4 Å². The van der Waals surface area contributed by atoms with Crippen molar-refractivity contribution in [1.29, 1.82) is 0 Å². The molecule has 2 heterocycles. The minimum absolute atomic E-state index is 0.261. The number of ether oxygens (including phenoxy) is 1. The van der Waals surface area contributed by atoms with Gasteiger partial charge in [-0.25, -0.2) is 4.98 Å². The SMILES string of the molecule is COc1ccc(-c2ccccc2)c2sc(NC(=O)c3ccc(C)o3)nc12. The molecule has 4 rings (SSSR count). The molecule has 0 bridgehead atoms. The maximum absolute atomic E-state index is 12.3. The standard InChI is InChI=1S/C20H16N2O3S/c1-12-8-10-16(25-12)19(23)22-20-21-17-15(24-2)11-9-14(18(17)26-20)13-6-4-3-5-7-13/h3-11H,1-2H3,(H,21,22,23). The van der Waals surface area contributed by atoms with E-state index in [0.717, 1.165) is 21.3 Å². The number of methoxy groups -OCH3 is 1. The quantitative estimate of drug-likeness (QED) is 0.545. The Morgan fingerprint density at radius 1 is 1.12 bits per heavy atom. The van der Waals surface area contributed by atoms with E-state index in [1.54, 1.807) is 26.2 Å². The van der Waals surface area contributed by atoms with Crippen LogP contribution in [0.1, 0.15) is 16.3 Å². The Kier molecular flexibility index (Phi) is 4.18. The van der Waals surface area contributed by atoms with E-state index in [1.165, 1.54) is 11.3 Å². The normalized spacial score (nSPS) is 10.8. The Morgan fingerprint density at radius 3 is 2.62 bits per heavy atom. The molecule has 4 aromatic rings. The van der Waals surface area contributed by atoms with Crippen molar-refractivity contribution in [1.82, 2.24) is 4.98 Å². The van der Waals surface area contributed by atoms with Gasteiger partial charge < -0.3 is 9.15 Å². The fourth-order valence-corrected chi connectivity index (χ4v) is 3.77. The fraction of sp³-hybridized carbons (Fsp3) is 0.100. The van der Waals surface area contributed by atoms with Crippen molar-refractivity contribution in [2.24, 2.45) is 0 Å². The highest BCUT2D eigenvalue weighted by Crippen LogP contribution is 2.39. The molecule has 0 radical (unpaired) electrons. The van der Waals surface area contributed by atoms with Crippen LogP contribution in [0.3, 0.4) is 0 Å². The molecule has 5 nitrogen and oxygen atoms in total. The van der Waals surface area contributed by atoms with Crippen LogP contribution in [0.5, 0.6) is 5.75 Å². The first-order valence-corrected chi connectivity index (χ1v) is 8.88. The van der Waals surface area contributed by atoms with Crippen LogP contribution in [-0.4, -0.2) is 18.0 Å². The molecular formula is C20H16N2O3S. The van der Waals surface area contributed by atoms with Gasteiger partial charge in [-0.1, -0.05) is 41.7 Å². The molecule has 2 aromatic heterocycles. The number of fused-ring (bicyclic) bond motifs is 1. The number of nitrogens with one attached hydrogen (secondary N) is 1. The molecule has 0 aliphatic heterocycles. The first-order chi connectivity index (χ1) is 12.7. The molecule has 0 spiro atoms. The number of anilines is 1. The van der Waals surface area contributed by atoms with E-state index in [4.69, 9.17) is 9.15 Å². The van der Waals surface area contributed by atoms with Crippen LogP contribution in [0.2, 0.25) is 0 Å². The molecule has 0 atom stereocenters. The zero-order valence-electron chi connectivity index (χ0n) is 14.3. The van der Waals surface area contributed by atoms with Gasteiger partial charge in [0.2, 0.25) is 0 Å². The Hall–Kier alpha value is -3.12. The average Bonchev–Trinajstić information content (AvgIpc) is 3.27. The Labute approximate surface area is 154 Å². The van der Waals surface area contributed by atoms with Gasteiger partial charge >= 0.3 is 0 Å². The van der Waals surface area contributed by atoms with Crippen molar-refractivity contribution in [3.63, 3.8) is 0 Å². The molecule has 0 saturated carbocycles. The van der Waals surface area contributed by atoms with E-state index in [9.17, 15) is 4.79 Å². The van der Waals surface area contributed by atoms with E-state index in [-0.39, 0.29) is 11.7 Å². The summed E-state index contributed by atoms with van der Waals surface area (Å²) in [6.45, 7) is 1.80. The lowest BCUT2D eigenvalue weighted by Crippen LogP contribution is -2.10. The largest absolute Gasteiger partial charge is 0.494 e. The van der Waals surface area contributed by atoms with E-state index in [1.807, 2.05) is 42.5 Å². The van der Waals surface area contributed by atoms with Crippen LogP contribution in [0.4, 0.5) is 5.13 Å². The highest BCUT2D eigenvalue weighted by Gasteiger charge is 2.17. The molecule has 0 saturated heterocycles. The maximum atomic E-state index is 12.3. The summed E-state index contributed by atoms with van der Waals surface area (Å²) in [6.07, 6.45) is 0. The number of carbonyl (C=O) groups is 1. The molecule has 6 heteroatoms. The van der Waals surface area contributed by atoms with Gasteiger partial charge in [-0.3, -0.25) is 10.1 Å². The third kappa shape index (κ3) is 2.95. The summed E-state index contributed by atoms with van der Waals surface area (Å²) in [5.74, 6) is 1.30. The molecule has 26 heavy (non-hydrogen) atoms. The van der Waals surface area contributed by atoms with E-state index in [2.05, 4.69) is 10.3 Å². The monoisotopic (exact) mass is 364 g/mol. The Morgan fingerprint density at radius 2 is 1.92 bits per heavy atom. The first kappa shape index (κ1) is 16.4. The van der Waals surface area contributed by atoms with Gasteiger partial charge in [0.25, 0.3) is 5.91 Å². The number of furan rings is 1. The van der Waals surface area contributed by atoms with Crippen molar-refractivity contribution >= 4 is 32.6 Å². The number of benzene rings is 2. The van der Waals surface area contributed by atoms with Crippen molar-refractivity contribution in [2.75, 3.05) is 12.4 Å². The number of amides is 1. The van der Waals surface area contributed by atoms with Crippen molar-refractivity contribution in [3.8, 4) is 16.9 Å². The number of aryl methyl sites for hydroxylation is 1. The van der Waals surface area contributed by atoms with Crippen molar-refractivity contribution in [2.45, 2.75) is 6.92 Å². The number of hydrogen-bond donors (Lipinski definition) is 1. The Bertz CT molecular complexity index is 1080. The van der Waals surface area contributed by atoms with Gasteiger partial charge in [-0.2, -0.15) is 0 Å². The highest BCUT2D eigenvalue weighted by molar-refractivity contribution is 7.23. The second-order valence-electron chi connectivity index (χ2n) is 5.74. The first-order valence-electron chi connectivity index (χ1n) is 8.06. The number of carbonyl (C=O) groups excluding carboxylic acids is 1. The fourth-order valence-electron chi connectivity index (χ4n) is 2.76. The van der Waals surface area contributed by atoms with Crippen LogP contribution in [0.15, 0.2) is 59.0 Å². The average molecular weight is 364 g/mol. The summed E-state index contributed by atoms with van der Waals surface area (Å²) in [5.41, 5.74) is 2.86. The van der Waals surface area contributed by atoms with E-state index in [0.29, 0.717) is 16.6 Å². The summed E-state index contributed by atoms with van der Waals surface area (Å²) in [5, 5.41) is 3.31. The Balaban J connectivity index is 1.76.